The maximum atomic E-state index is 12.0. The van der Waals surface area contributed by atoms with Crippen molar-refractivity contribution in [2.45, 2.75) is 25.9 Å². The van der Waals surface area contributed by atoms with E-state index in [-0.39, 0.29) is 41.2 Å². The van der Waals surface area contributed by atoms with E-state index in [1.807, 2.05) is 6.92 Å². The van der Waals surface area contributed by atoms with Crippen molar-refractivity contribution in [3.63, 3.8) is 0 Å². The highest BCUT2D eigenvalue weighted by Crippen LogP contribution is 2.36. The van der Waals surface area contributed by atoms with Gasteiger partial charge in [-0.1, -0.05) is 0 Å². The highest BCUT2D eigenvalue weighted by molar-refractivity contribution is 5.96. The molecule has 7 heteroatoms. The van der Waals surface area contributed by atoms with Crippen LogP contribution in [0.5, 0.6) is 11.5 Å². The summed E-state index contributed by atoms with van der Waals surface area (Å²) in [6.07, 6.45) is 0.769. The highest BCUT2D eigenvalue weighted by Gasteiger charge is 2.17. The molecule has 1 atom stereocenters. The first-order valence-corrected chi connectivity index (χ1v) is 6.74. The molecule has 0 aliphatic rings. The molecule has 1 rings (SSSR count). The first kappa shape index (κ1) is 17.8. The van der Waals surface area contributed by atoms with Crippen LogP contribution in [0.3, 0.4) is 0 Å². The number of rotatable bonds is 8. The number of ether oxygens (including phenoxy) is 3. The lowest BCUT2D eigenvalue weighted by atomic mass is 10.1. The lowest BCUT2D eigenvalue weighted by Gasteiger charge is -2.15. The summed E-state index contributed by atoms with van der Waals surface area (Å²) < 4.78 is 15.4. The average molecular weight is 311 g/mol. The minimum Gasteiger partial charge on any atom is -0.493 e. The van der Waals surface area contributed by atoms with Gasteiger partial charge in [0.25, 0.3) is 0 Å². The number of carbonyl (C=O) groups excluding carboxylic acids is 1. The van der Waals surface area contributed by atoms with Crippen molar-refractivity contribution in [3.8, 4) is 11.5 Å². The lowest BCUT2D eigenvalue weighted by Crippen LogP contribution is -2.16. The molecule has 0 bridgehead atoms. The fraction of sp³-hybridized carbons (Fsp3) is 0.467. The van der Waals surface area contributed by atoms with Crippen LogP contribution in [0.2, 0.25) is 0 Å². The number of carbonyl (C=O) groups is 2. The zero-order chi connectivity index (χ0) is 16.7. The largest absolute Gasteiger partial charge is 0.493 e. The number of methoxy groups -OCH3 is 3. The van der Waals surface area contributed by atoms with E-state index >= 15 is 0 Å². The molecule has 0 aliphatic carbocycles. The number of amides is 1. The van der Waals surface area contributed by atoms with Crippen LogP contribution in [0, 0.1) is 0 Å². The number of hydrogen-bond acceptors (Lipinski definition) is 5. The van der Waals surface area contributed by atoms with Gasteiger partial charge in [0.2, 0.25) is 5.91 Å². The molecule has 0 saturated carbocycles. The van der Waals surface area contributed by atoms with Crippen molar-refractivity contribution in [1.82, 2.24) is 0 Å². The number of carboxylic acid groups (broad SMARTS) is 1. The first-order valence-electron chi connectivity index (χ1n) is 6.74. The Hall–Kier alpha value is -2.28. The molecule has 1 aromatic rings. The molecule has 2 N–H and O–H groups in total. The smallest absolute Gasteiger partial charge is 0.335 e. The molecule has 1 aromatic carbocycles. The minimum atomic E-state index is -1.12. The monoisotopic (exact) mass is 311 g/mol. The second kappa shape index (κ2) is 8.23. The maximum Gasteiger partial charge on any atom is 0.335 e. The summed E-state index contributed by atoms with van der Waals surface area (Å²) in [5.74, 6) is -0.861. The lowest BCUT2D eigenvalue weighted by molar-refractivity contribution is -0.116. The Balaban J connectivity index is 2.98. The van der Waals surface area contributed by atoms with Crippen LogP contribution in [0.25, 0.3) is 0 Å². The fourth-order valence-electron chi connectivity index (χ4n) is 1.85. The standard InChI is InChI=1S/C15H21NO6/c1-9(20-2)5-6-13(17)16-11-7-10(15(18)19)8-12(21-3)14(11)22-4/h7-9H,5-6H2,1-4H3,(H,16,17)(H,18,19). The summed E-state index contributed by atoms with van der Waals surface area (Å²) >= 11 is 0. The second-order valence-electron chi connectivity index (χ2n) is 4.70. The van der Waals surface area contributed by atoms with E-state index in [4.69, 9.17) is 19.3 Å². The Bertz CT molecular complexity index is 543. The van der Waals surface area contributed by atoms with Crippen molar-refractivity contribution >= 4 is 17.6 Å². The normalized spacial score (nSPS) is 11.6. The molecule has 1 unspecified atom stereocenters. The van der Waals surface area contributed by atoms with Crippen LogP contribution >= 0.6 is 0 Å². The summed E-state index contributed by atoms with van der Waals surface area (Å²) in [5.41, 5.74) is 0.257. The molecule has 0 heterocycles. The van der Waals surface area contributed by atoms with Crippen LogP contribution in [0.15, 0.2) is 12.1 Å². The molecule has 0 spiro atoms. The van der Waals surface area contributed by atoms with Crippen LogP contribution in [-0.4, -0.2) is 44.4 Å². The number of nitrogens with one attached hydrogen (secondary N) is 1. The Morgan fingerprint density at radius 1 is 1.23 bits per heavy atom. The fourth-order valence-corrected chi connectivity index (χ4v) is 1.85. The van der Waals surface area contributed by atoms with Gasteiger partial charge < -0.3 is 24.6 Å². The zero-order valence-corrected chi connectivity index (χ0v) is 13.1. The molecular formula is C15H21NO6. The van der Waals surface area contributed by atoms with Crippen molar-refractivity contribution in [1.29, 1.82) is 0 Å². The van der Waals surface area contributed by atoms with Crippen molar-refractivity contribution < 1.29 is 28.9 Å². The number of carboxylic acids is 1. The van der Waals surface area contributed by atoms with Crippen LogP contribution < -0.4 is 14.8 Å². The molecular weight excluding hydrogens is 290 g/mol. The van der Waals surface area contributed by atoms with Gasteiger partial charge in [0.1, 0.15) is 0 Å². The minimum absolute atomic E-state index is 0.00166. The van der Waals surface area contributed by atoms with E-state index in [1.54, 1.807) is 7.11 Å². The van der Waals surface area contributed by atoms with Gasteiger partial charge in [-0.25, -0.2) is 4.79 Å². The van der Waals surface area contributed by atoms with Crippen molar-refractivity contribution in [3.05, 3.63) is 17.7 Å². The molecule has 122 valence electrons. The molecule has 0 radical (unpaired) electrons. The summed E-state index contributed by atoms with van der Waals surface area (Å²) in [6, 6.07) is 2.67. The highest BCUT2D eigenvalue weighted by atomic mass is 16.5. The van der Waals surface area contributed by atoms with E-state index in [1.165, 1.54) is 26.4 Å². The van der Waals surface area contributed by atoms with Crippen molar-refractivity contribution in [2.24, 2.45) is 0 Å². The Morgan fingerprint density at radius 2 is 1.91 bits per heavy atom. The summed E-state index contributed by atoms with van der Waals surface area (Å²) in [5, 5.41) is 11.8. The second-order valence-corrected chi connectivity index (χ2v) is 4.70. The van der Waals surface area contributed by atoms with Gasteiger partial charge in [0.05, 0.1) is 31.6 Å². The summed E-state index contributed by atoms with van der Waals surface area (Å²) in [7, 11) is 4.39. The first-order chi connectivity index (χ1) is 10.4. The zero-order valence-electron chi connectivity index (χ0n) is 13.1. The number of benzene rings is 1. The third-order valence-electron chi connectivity index (χ3n) is 3.18. The van der Waals surface area contributed by atoms with Gasteiger partial charge in [-0.2, -0.15) is 0 Å². The van der Waals surface area contributed by atoms with E-state index in [0.717, 1.165) is 0 Å². The van der Waals surface area contributed by atoms with E-state index in [2.05, 4.69) is 5.32 Å². The number of hydrogen-bond donors (Lipinski definition) is 2. The quantitative estimate of drug-likeness (QED) is 0.764. The van der Waals surface area contributed by atoms with Gasteiger partial charge >= 0.3 is 5.97 Å². The third kappa shape index (κ3) is 4.63. The molecule has 22 heavy (non-hydrogen) atoms. The SMILES string of the molecule is COc1cc(C(=O)O)cc(NC(=O)CCC(C)OC)c1OC. The molecule has 0 aromatic heterocycles. The number of aromatic carboxylic acids is 1. The van der Waals surface area contributed by atoms with Gasteiger partial charge in [0.15, 0.2) is 11.5 Å². The molecule has 0 fully saturated rings. The van der Waals surface area contributed by atoms with E-state index in [9.17, 15) is 9.59 Å². The van der Waals surface area contributed by atoms with Gasteiger partial charge in [-0.05, 0) is 25.5 Å². The van der Waals surface area contributed by atoms with Crippen LogP contribution in [-0.2, 0) is 9.53 Å². The third-order valence-corrected chi connectivity index (χ3v) is 3.18. The topological polar surface area (TPSA) is 94.1 Å². The predicted octanol–water partition coefficient (Wildman–Crippen LogP) is 2.16. The van der Waals surface area contributed by atoms with Gasteiger partial charge in [0, 0.05) is 13.5 Å². The molecule has 1 amide bonds. The van der Waals surface area contributed by atoms with E-state index < -0.39 is 5.97 Å². The van der Waals surface area contributed by atoms with E-state index in [0.29, 0.717) is 6.42 Å². The van der Waals surface area contributed by atoms with Gasteiger partial charge in [-0.3, -0.25) is 4.79 Å². The van der Waals surface area contributed by atoms with Crippen LogP contribution in [0.1, 0.15) is 30.1 Å². The van der Waals surface area contributed by atoms with Crippen molar-refractivity contribution in [2.75, 3.05) is 26.6 Å². The summed E-state index contributed by atoms with van der Waals surface area (Å²) in [6.45, 7) is 1.86. The molecule has 0 aliphatic heterocycles. The number of anilines is 1. The van der Waals surface area contributed by atoms with Crippen LogP contribution in [0.4, 0.5) is 5.69 Å². The summed E-state index contributed by atoms with van der Waals surface area (Å²) in [4.78, 5) is 23.1. The Morgan fingerprint density at radius 3 is 2.41 bits per heavy atom. The molecule has 7 nitrogen and oxygen atoms in total. The Kier molecular flexibility index (Phi) is 6.65. The average Bonchev–Trinajstić information content (AvgIpc) is 2.51. The molecule has 0 saturated heterocycles. The van der Waals surface area contributed by atoms with Gasteiger partial charge in [-0.15, -0.1) is 0 Å². The predicted molar refractivity (Wildman–Crippen MR) is 80.8 cm³/mol. The Labute approximate surface area is 129 Å². The maximum absolute atomic E-state index is 12.0.